The third kappa shape index (κ3) is 3.21. The predicted molar refractivity (Wildman–Crippen MR) is 75.3 cm³/mol. The largest absolute Gasteiger partial charge is 0.298 e. The van der Waals surface area contributed by atoms with E-state index in [0.29, 0.717) is 32.4 Å². The van der Waals surface area contributed by atoms with Gasteiger partial charge in [-0.3, -0.25) is 4.79 Å². The number of nitrogens with zero attached hydrogens (tertiary/aromatic N) is 2. The maximum Gasteiger partial charge on any atom is 0.211 e. The van der Waals surface area contributed by atoms with E-state index in [1.807, 2.05) is 0 Å². The Morgan fingerprint density at radius 1 is 1.40 bits per heavy atom. The number of hydrogen-bond donors (Lipinski definition) is 0. The topological polar surface area (TPSA) is 78.2 Å². The zero-order chi connectivity index (χ0) is 14.8. The molecule has 6 heteroatoms. The summed E-state index contributed by atoms with van der Waals surface area (Å²) in [5.74, 6) is 0.183. The highest BCUT2D eigenvalue weighted by atomic mass is 32.2. The fraction of sp³-hybridized carbons (Fsp3) is 0.857. The summed E-state index contributed by atoms with van der Waals surface area (Å²) < 4.78 is 24.7. The van der Waals surface area contributed by atoms with E-state index in [1.165, 1.54) is 10.6 Å². The Balaban J connectivity index is 2.08. The number of nitriles is 1. The second-order valence-corrected chi connectivity index (χ2v) is 8.14. The molecule has 0 aromatic carbocycles. The summed E-state index contributed by atoms with van der Waals surface area (Å²) >= 11 is 0. The minimum absolute atomic E-state index is 0.0581. The predicted octanol–water partition coefficient (Wildman–Crippen LogP) is 1.70. The van der Waals surface area contributed by atoms with Crippen LogP contribution in [0.25, 0.3) is 0 Å². The van der Waals surface area contributed by atoms with Gasteiger partial charge in [-0.15, -0.1) is 0 Å². The quantitative estimate of drug-likeness (QED) is 0.794. The van der Waals surface area contributed by atoms with Crippen LogP contribution >= 0.6 is 0 Å². The minimum atomic E-state index is -3.17. The van der Waals surface area contributed by atoms with Crippen molar-refractivity contribution in [1.82, 2.24) is 4.31 Å². The van der Waals surface area contributed by atoms with E-state index < -0.39 is 15.4 Å². The van der Waals surface area contributed by atoms with Gasteiger partial charge < -0.3 is 0 Å². The molecule has 5 nitrogen and oxygen atoms in total. The summed E-state index contributed by atoms with van der Waals surface area (Å²) in [4.78, 5) is 12.1. The molecule has 0 N–H and O–H groups in total. The first-order valence-electron chi connectivity index (χ1n) is 7.27. The molecule has 0 aromatic rings. The Labute approximate surface area is 121 Å². The first-order chi connectivity index (χ1) is 9.37. The van der Waals surface area contributed by atoms with Gasteiger partial charge in [-0.25, -0.2) is 12.7 Å². The molecule has 2 rings (SSSR count). The highest BCUT2D eigenvalue weighted by molar-refractivity contribution is 7.88. The van der Waals surface area contributed by atoms with Gasteiger partial charge in [0.1, 0.15) is 5.41 Å². The van der Waals surface area contributed by atoms with Gasteiger partial charge >= 0.3 is 0 Å². The lowest BCUT2D eigenvalue weighted by atomic mass is 9.68. The molecule has 0 amide bonds. The Hall–Kier alpha value is -0.930. The summed E-state index contributed by atoms with van der Waals surface area (Å²) in [6.07, 6.45) is 6.39. The number of carbonyl (C=O) groups excluding carboxylic acids is 1. The summed E-state index contributed by atoms with van der Waals surface area (Å²) in [5.41, 5.74) is -0.858. The van der Waals surface area contributed by atoms with Crippen molar-refractivity contribution < 1.29 is 13.2 Å². The highest BCUT2D eigenvalue weighted by Gasteiger charge is 2.42. The molecule has 0 bridgehead atoms. The second kappa shape index (κ2) is 5.82. The zero-order valence-corrected chi connectivity index (χ0v) is 12.8. The maximum atomic E-state index is 12.1. The van der Waals surface area contributed by atoms with Crippen LogP contribution < -0.4 is 0 Å². The molecule has 20 heavy (non-hydrogen) atoms. The number of ketones is 1. The lowest BCUT2D eigenvalue weighted by molar-refractivity contribution is -0.129. The van der Waals surface area contributed by atoms with Crippen molar-refractivity contribution in [1.29, 1.82) is 5.26 Å². The molecule has 2 unspecified atom stereocenters. The fourth-order valence-corrected chi connectivity index (χ4v) is 4.40. The first-order valence-corrected chi connectivity index (χ1v) is 9.12. The van der Waals surface area contributed by atoms with Crippen molar-refractivity contribution in [2.24, 2.45) is 11.3 Å². The molecule has 1 saturated carbocycles. The number of sulfonamides is 1. The second-order valence-electron chi connectivity index (χ2n) is 6.16. The van der Waals surface area contributed by atoms with Crippen molar-refractivity contribution in [3.8, 4) is 6.07 Å². The van der Waals surface area contributed by atoms with Crippen LogP contribution in [0.2, 0.25) is 0 Å². The zero-order valence-electron chi connectivity index (χ0n) is 12.0. The fourth-order valence-electron chi connectivity index (χ4n) is 3.46. The number of hydrogen-bond acceptors (Lipinski definition) is 4. The maximum absolute atomic E-state index is 12.1. The normalized spacial score (nSPS) is 32.8. The molecule has 1 heterocycles. The van der Waals surface area contributed by atoms with Crippen LogP contribution in [0.5, 0.6) is 0 Å². The molecule has 0 aromatic heterocycles. The van der Waals surface area contributed by atoms with Gasteiger partial charge in [0.15, 0.2) is 5.78 Å². The number of Topliss-reactive ketones (excluding diaryl/α,β-unsaturated/α-hetero) is 1. The van der Waals surface area contributed by atoms with Crippen LogP contribution in [0.4, 0.5) is 0 Å². The van der Waals surface area contributed by atoms with E-state index in [0.717, 1.165) is 25.7 Å². The molecular formula is C14H22N2O3S. The average molecular weight is 298 g/mol. The van der Waals surface area contributed by atoms with E-state index in [2.05, 4.69) is 6.07 Å². The van der Waals surface area contributed by atoms with E-state index in [-0.39, 0.29) is 11.7 Å². The molecule has 2 fully saturated rings. The van der Waals surface area contributed by atoms with Crippen LogP contribution in [-0.4, -0.2) is 37.9 Å². The van der Waals surface area contributed by atoms with Crippen molar-refractivity contribution in [3.63, 3.8) is 0 Å². The Bertz CT molecular complexity index is 523. The molecule has 1 aliphatic carbocycles. The average Bonchev–Trinajstić information content (AvgIpc) is 2.41. The first kappa shape index (κ1) is 15.5. The summed E-state index contributed by atoms with van der Waals surface area (Å²) in [5, 5.41) is 9.47. The van der Waals surface area contributed by atoms with Crippen LogP contribution in [0.1, 0.15) is 44.9 Å². The Morgan fingerprint density at radius 2 is 2.15 bits per heavy atom. The summed E-state index contributed by atoms with van der Waals surface area (Å²) in [6.45, 7) is 1.01. The number of rotatable bonds is 3. The smallest absolute Gasteiger partial charge is 0.211 e. The van der Waals surface area contributed by atoms with Crippen molar-refractivity contribution >= 4 is 15.8 Å². The Kier molecular flexibility index (Phi) is 4.50. The Morgan fingerprint density at radius 3 is 2.75 bits per heavy atom. The van der Waals surface area contributed by atoms with Crippen LogP contribution in [0.3, 0.4) is 0 Å². The highest BCUT2D eigenvalue weighted by Crippen LogP contribution is 2.40. The van der Waals surface area contributed by atoms with Crippen molar-refractivity contribution in [3.05, 3.63) is 0 Å². The summed E-state index contributed by atoms with van der Waals surface area (Å²) in [7, 11) is -3.17. The van der Waals surface area contributed by atoms with Crippen molar-refractivity contribution in [2.75, 3.05) is 19.3 Å². The van der Waals surface area contributed by atoms with Crippen LogP contribution in [0.15, 0.2) is 0 Å². The van der Waals surface area contributed by atoms with E-state index >= 15 is 0 Å². The lowest BCUT2D eigenvalue weighted by Gasteiger charge is -2.37. The van der Waals surface area contributed by atoms with Gasteiger partial charge in [0, 0.05) is 19.5 Å². The van der Waals surface area contributed by atoms with Crippen LogP contribution in [0, 0.1) is 22.7 Å². The van der Waals surface area contributed by atoms with Gasteiger partial charge in [-0.05, 0) is 38.0 Å². The van der Waals surface area contributed by atoms with Gasteiger partial charge in [-0.2, -0.15) is 5.26 Å². The lowest BCUT2D eigenvalue weighted by Crippen LogP contribution is -2.43. The summed E-state index contributed by atoms with van der Waals surface area (Å²) in [6, 6.07) is 2.25. The van der Waals surface area contributed by atoms with E-state index in [9.17, 15) is 18.5 Å². The molecule has 1 aliphatic heterocycles. The molecular weight excluding hydrogens is 276 g/mol. The molecule has 2 aliphatic rings. The van der Waals surface area contributed by atoms with Gasteiger partial charge in [0.25, 0.3) is 0 Å². The van der Waals surface area contributed by atoms with E-state index in [1.54, 1.807) is 0 Å². The number of piperidine rings is 1. The monoisotopic (exact) mass is 298 g/mol. The third-order valence-corrected chi connectivity index (χ3v) is 5.86. The minimum Gasteiger partial charge on any atom is -0.298 e. The standard InChI is InChI=1S/C14H22N2O3S/c1-20(18,19)16-8-4-5-12(10-16)9-14(11-15)7-3-2-6-13(14)17/h12H,2-10H2,1H3. The van der Waals surface area contributed by atoms with Gasteiger partial charge in [0.2, 0.25) is 10.0 Å². The number of carbonyl (C=O) groups is 1. The third-order valence-electron chi connectivity index (χ3n) is 4.59. The SMILES string of the molecule is CS(=O)(=O)N1CCCC(CC2(C#N)CCCCC2=O)C1. The van der Waals surface area contributed by atoms with Gasteiger partial charge in [0.05, 0.1) is 12.3 Å². The van der Waals surface area contributed by atoms with Gasteiger partial charge in [-0.1, -0.05) is 6.42 Å². The molecule has 0 spiro atoms. The van der Waals surface area contributed by atoms with Crippen molar-refractivity contribution in [2.45, 2.75) is 44.9 Å². The molecule has 2 atom stereocenters. The van der Waals surface area contributed by atoms with E-state index in [4.69, 9.17) is 0 Å². The molecule has 1 saturated heterocycles. The molecule has 112 valence electrons. The van der Waals surface area contributed by atoms with Crippen LogP contribution in [-0.2, 0) is 14.8 Å². The molecule has 0 radical (unpaired) electrons.